The fourth-order valence-corrected chi connectivity index (χ4v) is 2.82. The smallest absolute Gasteiger partial charge is 0.382 e. The molecule has 1 aromatic rings. The van der Waals surface area contributed by atoms with Crippen LogP contribution < -0.4 is 27.0 Å². The van der Waals surface area contributed by atoms with Crippen molar-refractivity contribution in [3.8, 4) is 0 Å². The molecule has 0 aliphatic carbocycles. The van der Waals surface area contributed by atoms with Crippen molar-refractivity contribution in [3.05, 3.63) is 35.9 Å². The summed E-state index contributed by atoms with van der Waals surface area (Å²) in [6.45, 7) is 3.07. The SMILES string of the molecule is CCC.CS.NC(=O)CCC(NC(=O)CNC(=O)C(Cc1ccccc1)NC(=O)CNC=O)C(O)C(F)(F)F. The molecule has 1 aromatic carbocycles. The number of primary amides is 1. The Bertz CT molecular complexity index is 878. The molecule has 0 heterocycles. The Morgan fingerprint density at radius 2 is 1.56 bits per heavy atom. The first-order chi connectivity index (χ1) is 18.3. The highest BCUT2D eigenvalue weighted by atomic mass is 32.1. The Morgan fingerprint density at radius 3 is 2.05 bits per heavy atom. The van der Waals surface area contributed by atoms with Gasteiger partial charge in [-0.05, 0) is 18.2 Å². The topological polar surface area (TPSA) is 180 Å². The number of hydrogen-bond acceptors (Lipinski definition) is 7. The molecular formula is C24H38F3N5O6S. The summed E-state index contributed by atoms with van der Waals surface area (Å²) in [4.78, 5) is 57.9. The number of halogens is 3. The summed E-state index contributed by atoms with van der Waals surface area (Å²) in [6.07, 6.45) is -5.87. The van der Waals surface area contributed by atoms with Gasteiger partial charge in [0.1, 0.15) is 6.04 Å². The van der Waals surface area contributed by atoms with Crippen LogP contribution in [0, 0.1) is 0 Å². The number of hydrogen-bond donors (Lipinski definition) is 7. The van der Waals surface area contributed by atoms with E-state index in [0.29, 0.717) is 12.0 Å². The molecule has 0 saturated heterocycles. The Hall–Kier alpha value is -3.33. The summed E-state index contributed by atoms with van der Waals surface area (Å²) in [6, 6.07) is 5.47. The third-order valence-electron chi connectivity index (χ3n) is 4.47. The van der Waals surface area contributed by atoms with Gasteiger partial charge in [-0.15, -0.1) is 0 Å². The summed E-state index contributed by atoms with van der Waals surface area (Å²) in [5, 5.41) is 18.1. The second kappa shape index (κ2) is 21.6. The minimum Gasteiger partial charge on any atom is -0.382 e. The van der Waals surface area contributed by atoms with Crippen molar-refractivity contribution in [1.82, 2.24) is 21.3 Å². The van der Waals surface area contributed by atoms with Crippen LogP contribution in [0.2, 0.25) is 0 Å². The number of nitrogens with one attached hydrogen (secondary N) is 4. The molecule has 0 aliphatic heterocycles. The predicted octanol–water partition coefficient (Wildman–Crippen LogP) is 0.212. The minimum atomic E-state index is -5.07. The third-order valence-corrected chi connectivity index (χ3v) is 4.47. The van der Waals surface area contributed by atoms with E-state index in [2.05, 4.69) is 42.4 Å². The number of alkyl halides is 3. The molecule has 39 heavy (non-hydrogen) atoms. The van der Waals surface area contributed by atoms with Gasteiger partial charge in [0.15, 0.2) is 6.10 Å². The van der Waals surface area contributed by atoms with Gasteiger partial charge < -0.3 is 32.1 Å². The van der Waals surface area contributed by atoms with Crippen LogP contribution in [0.15, 0.2) is 30.3 Å². The van der Waals surface area contributed by atoms with E-state index in [-0.39, 0.29) is 6.42 Å². The maximum Gasteiger partial charge on any atom is 0.416 e. The molecule has 11 nitrogen and oxygen atoms in total. The van der Waals surface area contributed by atoms with Gasteiger partial charge in [0.25, 0.3) is 0 Å². The molecule has 5 amide bonds. The van der Waals surface area contributed by atoms with E-state index in [4.69, 9.17) is 5.73 Å². The molecule has 1 rings (SSSR count). The Balaban J connectivity index is 0. The van der Waals surface area contributed by atoms with Crippen LogP contribution in [0.5, 0.6) is 0 Å². The first-order valence-corrected chi connectivity index (χ1v) is 12.8. The number of carbonyl (C=O) groups is 5. The lowest BCUT2D eigenvalue weighted by atomic mass is 10.0. The van der Waals surface area contributed by atoms with Gasteiger partial charge in [-0.2, -0.15) is 25.8 Å². The van der Waals surface area contributed by atoms with Gasteiger partial charge in [0.2, 0.25) is 30.0 Å². The van der Waals surface area contributed by atoms with Crippen LogP contribution in [0.25, 0.3) is 0 Å². The van der Waals surface area contributed by atoms with E-state index >= 15 is 0 Å². The summed E-state index contributed by atoms with van der Waals surface area (Å²) < 4.78 is 38.6. The van der Waals surface area contributed by atoms with Crippen LogP contribution in [0.3, 0.4) is 0 Å². The molecule has 3 unspecified atom stereocenters. The zero-order chi connectivity index (χ0) is 30.4. The molecule has 222 valence electrons. The fourth-order valence-electron chi connectivity index (χ4n) is 2.82. The maximum absolute atomic E-state index is 12.9. The lowest BCUT2D eigenvalue weighted by Gasteiger charge is -2.26. The summed E-state index contributed by atoms with van der Waals surface area (Å²) in [7, 11) is 0. The Labute approximate surface area is 231 Å². The molecule has 0 saturated carbocycles. The van der Waals surface area contributed by atoms with Crippen molar-refractivity contribution in [2.24, 2.45) is 5.73 Å². The Kier molecular flexibility index (Phi) is 20.9. The molecular weight excluding hydrogens is 543 g/mol. The minimum absolute atomic E-state index is 0.0230. The molecule has 0 bridgehead atoms. The highest BCUT2D eigenvalue weighted by Crippen LogP contribution is 2.24. The highest BCUT2D eigenvalue weighted by molar-refractivity contribution is 7.79. The van der Waals surface area contributed by atoms with Crippen molar-refractivity contribution in [2.45, 2.75) is 63.9 Å². The number of amides is 5. The lowest BCUT2D eigenvalue weighted by Crippen LogP contribution is -2.54. The largest absolute Gasteiger partial charge is 0.416 e. The van der Waals surface area contributed by atoms with Crippen LogP contribution in [0.1, 0.15) is 38.7 Å². The predicted molar refractivity (Wildman–Crippen MR) is 142 cm³/mol. The molecule has 0 fully saturated rings. The lowest BCUT2D eigenvalue weighted by molar-refractivity contribution is -0.212. The van der Waals surface area contributed by atoms with Crippen molar-refractivity contribution >= 4 is 42.7 Å². The monoisotopic (exact) mass is 581 g/mol. The average molecular weight is 582 g/mol. The van der Waals surface area contributed by atoms with Gasteiger partial charge in [-0.1, -0.05) is 50.6 Å². The number of thiol groups is 1. The van der Waals surface area contributed by atoms with Gasteiger partial charge >= 0.3 is 6.18 Å². The zero-order valence-electron chi connectivity index (χ0n) is 22.1. The molecule has 15 heteroatoms. The van der Waals surface area contributed by atoms with E-state index < -0.39 is 73.9 Å². The number of aliphatic hydroxyl groups excluding tert-OH is 1. The zero-order valence-corrected chi connectivity index (χ0v) is 23.0. The van der Waals surface area contributed by atoms with Crippen LogP contribution in [0.4, 0.5) is 13.2 Å². The third kappa shape index (κ3) is 18.5. The van der Waals surface area contributed by atoms with Gasteiger partial charge in [0, 0.05) is 12.8 Å². The van der Waals surface area contributed by atoms with E-state index in [1.165, 1.54) is 6.42 Å². The molecule has 0 aliphatic rings. The second-order valence-corrected chi connectivity index (χ2v) is 7.90. The number of carbonyl (C=O) groups excluding carboxylic acids is 5. The normalized spacial score (nSPS) is 12.5. The van der Waals surface area contributed by atoms with Crippen molar-refractivity contribution in [3.63, 3.8) is 0 Å². The van der Waals surface area contributed by atoms with Crippen LogP contribution >= 0.6 is 12.6 Å². The van der Waals surface area contributed by atoms with Crippen molar-refractivity contribution in [1.29, 1.82) is 0 Å². The van der Waals surface area contributed by atoms with Crippen LogP contribution in [-0.2, 0) is 30.4 Å². The maximum atomic E-state index is 12.9. The molecule has 7 N–H and O–H groups in total. The Morgan fingerprint density at radius 1 is 1.03 bits per heavy atom. The van der Waals surface area contributed by atoms with E-state index in [1.807, 2.05) is 5.32 Å². The first kappa shape index (κ1) is 37.8. The summed E-state index contributed by atoms with van der Waals surface area (Å²) >= 11 is 3.53. The number of nitrogens with two attached hydrogens (primary N) is 1. The average Bonchev–Trinajstić information content (AvgIpc) is 2.89. The second-order valence-electron chi connectivity index (χ2n) is 7.90. The van der Waals surface area contributed by atoms with Crippen LogP contribution in [-0.4, -0.2) is 78.9 Å². The van der Waals surface area contributed by atoms with Gasteiger partial charge in [-0.25, -0.2) is 0 Å². The molecule has 3 atom stereocenters. The summed E-state index contributed by atoms with van der Waals surface area (Å²) in [5.41, 5.74) is 5.58. The number of benzene rings is 1. The highest BCUT2D eigenvalue weighted by Gasteiger charge is 2.44. The first-order valence-electron chi connectivity index (χ1n) is 11.9. The van der Waals surface area contributed by atoms with E-state index in [9.17, 15) is 42.3 Å². The van der Waals surface area contributed by atoms with E-state index in [1.54, 1.807) is 36.6 Å². The molecule has 0 radical (unpaired) electrons. The molecule has 0 spiro atoms. The quantitative estimate of drug-likeness (QED) is 0.122. The number of rotatable bonds is 14. The van der Waals surface area contributed by atoms with Crippen molar-refractivity contribution < 1.29 is 42.3 Å². The summed E-state index contributed by atoms with van der Waals surface area (Å²) in [5.74, 6) is -3.50. The van der Waals surface area contributed by atoms with E-state index in [0.717, 1.165) is 0 Å². The van der Waals surface area contributed by atoms with Crippen molar-refractivity contribution in [2.75, 3.05) is 19.3 Å². The number of aliphatic hydroxyl groups is 1. The standard InChI is InChI=1S/C20H26F3N5O6.C3H8.CH4S/c21-20(22,23)18(33)13(6-7-15(24)30)27-17(32)10-26-19(34)14(28-16(31)9-25-11-29)8-12-4-2-1-3-5-12;1-3-2;1-2/h1-5,11,13-14,18,33H,6-10H2,(H2,24,30)(H,25,29)(H,26,34)(H,27,32)(H,28,31);3H2,1-2H3;2H,1H3. The van der Waals surface area contributed by atoms with Gasteiger partial charge in [0.05, 0.1) is 19.1 Å². The molecule has 0 aromatic heterocycles. The van der Waals surface area contributed by atoms with Gasteiger partial charge in [-0.3, -0.25) is 24.0 Å². The fraction of sp³-hybridized carbons (Fsp3) is 0.542.